The fourth-order valence-electron chi connectivity index (χ4n) is 4.07. The molecule has 4 rings (SSSR count). The summed E-state index contributed by atoms with van der Waals surface area (Å²) in [5.41, 5.74) is 4.49. The van der Waals surface area contributed by atoms with Gasteiger partial charge in [-0.1, -0.05) is 36.4 Å². The largest absolute Gasteiger partial charge is 0.497 e. The van der Waals surface area contributed by atoms with Crippen LogP contribution in [0.15, 0.2) is 97.1 Å². The summed E-state index contributed by atoms with van der Waals surface area (Å²) in [6.45, 7) is 0. The lowest BCUT2D eigenvalue weighted by atomic mass is 10.0. The number of hydrogen-bond donors (Lipinski definition) is 2. The molecule has 0 aromatic heterocycles. The number of hydrogen-bond acceptors (Lipinski definition) is 6. The van der Waals surface area contributed by atoms with Crippen LogP contribution in [0.3, 0.4) is 0 Å². The average molecular weight is 565 g/mol. The van der Waals surface area contributed by atoms with Crippen LogP contribution in [-0.4, -0.2) is 40.3 Å². The molecule has 4 aromatic rings. The highest BCUT2D eigenvalue weighted by Gasteiger charge is 2.12. The van der Waals surface area contributed by atoms with Gasteiger partial charge in [0.25, 0.3) is 0 Å². The third-order valence-corrected chi connectivity index (χ3v) is 6.34. The van der Waals surface area contributed by atoms with Crippen molar-refractivity contribution in [3.8, 4) is 34.1 Å². The normalized spacial score (nSPS) is 10.9. The van der Waals surface area contributed by atoms with Gasteiger partial charge in [0.1, 0.15) is 23.0 Å². The maximum absolute atomic E-state index is 12.6. The Hall–Kier alpha value is -5.50. The Morgan fingerprint density at radius 3 is 1.24 bits per heavy atom. The van der Waals surface area contributed by atoms with E-state index in [9.17, 15) is 9.59 Å². The van der Waals surface area contributed by atoms with Gasteiger partial charge in [0.2, 0.25) is 11.8 Å². The minimum Gasteiger partial charge on any atom is -0.497 e. The Morgan fingerprint density at radius 1 is 0.524 bits per heavy atom. The number of benzene rings is 4. The number of ether oxygens (including phenoxy) is 4. The quantitative estimate of drug-likeness (QED) is 0.197. The van der Waals surface area contributed by atoms with Crippen molar-refractivity contribution in [1.29, 1.82) is 0 Å². The number of amides is 2. The number of carbonyl (C=O) groups is 2. The van der Waals surface area contributed by atoms with Crippen molar-refractivity contribution in [3.63, 3.8) is 0 Å². The van der Waals surface area contributed by atoms with E-state index in [0.29, 0.717) is 22.9 Å². The van der Waals surface area contributed by atoms with Gasteiger partial charge in [-0.05, 0) is 82.9 Å². The SMILES string of the molecule is COc1ccc(/C=C/C(=O)Nc2ccc(-c3ccc(NC(=O)/C=C/c4ccc(OC)cc4)c(OC)c3)cc2OC)cc1. The predicted molar refractivity (Wildman–Crippen MR) is 166 cm³/mol. The number of methoxy groups -OCH3 is 4. The van der Waals surface area contributed by atoms with E-state index in [-0.39, 0.29) is 11.8 Å². The number of carbonyl (C=O) groups excluding carboxylic acids is 2. The molecule has 2 amide bonds. The third kappa shape index (κ3) is 7.79. The zero-order valence-corrected chi connectivity index (χ0v) is 23.8. The third-order valence-electron chi connectivity index (χ3n) is 6.34. The average Bonchev–Trinajstić information content (AvgIpc) is 3.03. The molecule has 0 bridgehead atoms. The Balaban J connectivity index is 1.44. The van der Waals surface area contributed by atoms with Crippen LogP contribution in [0.4, 0.5) is 11.4 Å². The maximum atomic E-state index is 12.6. The standard InChI is InChI=1S/C34H32N2O6/c1-39-27-13-5-23(6-14-27)9-19-33(37)35-29-17-11-25(21-31(29)41-3)26-12-18-30(32(22-26)42-4)36-34(38)20-10-24-7-15-28(40-2)16-8-24/h5-22H,1-4H3,(H,35,37)(H,36,38)/b19-9+,20-10+. The second kappa shape index (κ2) is 14.2. The Bertz CT molecular complexity index is 1470. The van der Waals surface area contributed by atoms with Crippen molar-refractivity contribution >= 4 is 35.3 Å². The van der Waals surface area contributed by atoms with Crippen molar-refractivity contribution in [1.82, 2.24) is 0 Å². The van der Waals surface area contributed by atoms with Crippen molar-refractivity contribution < 1.29 is 28.5 Å². The molecule has 0 aliphatic heterocycles. The summed E-state index contributed by atoms with van der Waals surface area (Å²) in [7, 11) is 6.29. The highest BCUT2D eigenvalue weighted by Crippen LogP contribution is 2.35. The van der Waals surface area contributed by atoms with Gasteiger partial charge in [0.05, 0.1) is 39.8 Å². The van der Waals surface area contributed by atoms with Crippen molar-refractivity contribution in [2.75, 3.05) is 39.1 Å². The molecule has 8 heteroatoms. The van der Waals surface area contributed by atoms with Gasteiger partial charge in [-0.3, -0.25) is 9.59 Å². The molecule has 4 aromatic carbocycles. The van der Waals surface area contributed by atoms with Crippen LogP contribution >= 0.6 is 0 Å². The highest BCUT2D eigenvalue weighted by molar-refractivity contribution is 6.04. The molecule has 8 nitrogen and oxygen atoms in total. The first-order valence-corrected chi connectivity index (χ1v) is 13.0. The lowest BCUT2D eigenvalue weighted by Crippen LogP contribution is -2.09. The van der Waals surface area contributed by atoms with E-state index in [2.05, 4.69) is 10.6 Å². The second-order valence-corrected chi connectivity index (χ2v) is 9.02. The van der Waals surface area contributed by atoms with E-state index in [1.165, 1.54) is 12.2 Å². The number of rotatable bonds is 11. The Labute approximate surface area is 245 Å². The van der Waals surface area contributed by atoms with E-state index < -0.39 is 0 Å². The van der Waals surface area contributed by atoms with Crippen LogP contribution in [0.1, 0.15) is 11.1 Å². The molecule has 0 saturated carbocycles. The summed E-state index contributed by atoms with van der Waals surface area (Å²) in [5.74, 6) is 1.91. The topological polar surface area (TPSA) is 95.1 Å². The van der Waals surface area contributed by atoms with E-state index in [1.807, 2.05) is 72.8 Å². The number of anilines is 2. The molecule has 0 heterocycles. The molecular weight excluding hydrogens is 532 g/mol. The highest BCUT2D eigenvalue weighted by atomic mass is 16.5. The number of nitrogens with one attached hydrogen (secondary N) is 2. The molecule has 0 radical (unpaired) electrons. The monoisotopic (exact) mass is 564 g/mol. The fraction of sp³-hybridized carbons (Fsp3) is 0.118. The summed E-state index contributed by atoms with van der Waals surface area (Å²) in [5, 5.41) is 5.71. The smallest absolute Gasteiger partial charge is 0.248 e. The maximum Gasteiger partial charge on any atom is 0.248 e. The molecule has 0 atom stereocenters. The van der Waals surface area contributed by atoms with Crippen LogP contribution in [0.2, 0.25) is 0 Å². The van der Waals surface area contributed by atoms with Crippen LogP contribution in [0.25, 0.3) is 23.3 Å². The summed E-state index contributed by atoms with van der Waals surface area (Å²) in [6, 6.07) is 25.7. The van der Waals surface area contributed by atoms with Gasteiger partial charge in [-0.2, -0.15) is 0 Å². The van der Waals surface area contributed by atoms with Crippen LogP contribution in [-0.2, 0) is 9.59 Å². The van der Waals surface area contributed by atoms with Crippen molar-refractivity contribution in [2.45, 2.75) is 0 Å². The molecule has 0 saturated heterocycles. The van der Waals surface area contributed by atoms with Gasteiger partial charge in [0.15, 0.2) is 0 Å². The van der Waals surface area contributed by atoms with Crippen molar-refractivity contribution in [3.05, 3.63) is 108 Å². The Morgan fingerprint density at radius 2 is 0.905 bits per heavy atom. The molecule has 214 valence electrons. The summed E-state index contributed by atoms with van der Waals surface area (Å²) >= 11 is 0. The van der Waals surface area contributed by atoms with E-state index in [4.69, 9.17) is 18.9 Å². The molecule has 0 aliphatic rings. The molecule has 0 spiro atoms. The van der Waals surface area contributed by atoms with Gasteiger partial charge in [-0.25, -0.2) is 0 Å². The zero-order chi connectivity index (χ0) is 29.9. The molecule has 2 N–H and O–H groups in total. The van der Waals surface area contributed by atoms with E-state index in [1.54, 1.807) is 52.7 Å². The first-order valence-electron chi connectivity index (χ1n) is 13.0. The van der Waals surface area contributed by atoms with Gasteiger partial charge >= 0.3 is 0 Å². The summed E-state index contributed by atoms with van der Waals surface area (Å²) in [4.78, 5) is 25.1. The predicted octanol–water partition coefficient (Wildman–Crippen LogP) is 6.69. The van der Waals surface area contributed by atoms with E-state index in [0.717, 1.165) is 33.8 Å². The molecule has 0 aliphatic carbocycles. The molecule has 0 unspecified atom stereocenters. The van der Waals surface area contributed by atoms with Gasteiger partial charge < -0.3 is 29.6 Å². The van der Waals surface area contributed by atoms with Crippen LogP contribution in [0, 0.1) is 0 Å². The van der Waals surface area contributed by atoms with E-state index >= 15 is 0 Å². The second-order valence-electron chi connectivity index (χ2n) is 9.02. The van der Waals surface area contributed by atoms with Gasteiger partial charge in [-0.15, -0.1) is 0 Å². The minimum atomic E-state index is -0.292. The minimum absolute atomic E-state index is 0.292. The Kier molecular flexibility index (Phi) is 9.99. The lowest BCUT2D eigenvalue weighted by Gasteiger charge is -2.14. The van der Waals surface area contributed by atoms with Crippen molar-refractivity contribution in [2.24, 2.45) is 0 Å². The molecule has 0 fully saturated rings. The van der Waals surface area contributed by atoms with Crippen LogP contribution in [0.5, 0.6) is 23.0 Å². The first kappa shape index (κ1) is 29.5. The molecule has 42 heavy (non-hydrogen) atoms. The fourth-order valence-corrected chi connectivity index (χ4v) is 4.07. The summed E-state index contributed by atoms with van der Waals surface area (Å²) < 4.78 is 21.4. The van der Waals surface area contributed by atoms with Gasteiger partial charge in [0, 0.05) is 12.2 Å². The lowest BCUT2D eigenvalue weighted by molar-refractivity contribution is -0.112. The first-order chi connectivity index (χ1) is 20.4. The molecular formula is C34H32N2O6. The summed E-state index contributed by atoms with van der Waals surface area (Å²) in [6.07, 6.45) is 6.35. The van der Waals surface area contributed by atoms with Crippen LogP contribution < -0.4 is 29.6 Å². The zero-order valence-electron chi connectivity index (χ0n) is 23.8.